The third-order valence-electron chi connectivity index (χ3n) is 6.52. The fraction of sp³-hybridized carbons (Fsp3) is 0.400. The maximum Gasteiger partial charge on any atom is 0.417 e. The van der Waals surface area contributed by atoms with E-state index in [4.69, 9.17) is 16.3 Å². The number of aryl methyl sites for hydroxylation is 1. The Balaban J connectivity index is 1.80. The van der Waals surface area contributed by atoms with E-state index in [1.807, 2.05) is 0 Å². The predicted molar refractivity (Wildman–Crippen MR) is 139 cm³/mol. The predicted octanol–water partition coefficient (Wildman–Crippen LogP) is 3.45. The van der Waals surface area contributed by atoms with Gasteiger partial charge in [-0.25, -0.2) is 14.3 Å². The van der Waals surface area contributed by atoms with E-state index in [9.17, 15) is 32.1 Å². The van der Waals surface area contributed by atoms with Crippen molar-refractivity contribution in [2.24, 2.45) is 7.05 Å². The average molecular weight is 600 g/mol. The lowest BCUT2D eigenvalue weighted by Gasteiger charge is -2.34. The second-order valence-electron chi connectivity index (χ2n) is 9.22. The Kier molecular flexibility index (Phi) is 8.07. The van der Waals surface area contributed by atoms with Crippen molar-refractivity contribution >= 4 is 34.7 Å². The van der Waals surface area contributed by atoms with Crippen LogP contribution in [0.1, 0.15) is 57.3 Å². The van der Waals surface area contributed by atoms with Gasteiger partial charge in [0.05, 0.1) is 35.1 Å². The van der Waals surface area contributed by atoms with Crippen LogP contribution in [0.2, 0.25) is 5.02 Å². The van der Waals surface area contributed by atoms with Crippen LogP contribution in [0.25, 0.3) is 5.82 Å². The second-order valence-corrected chi connectivity index (χ2v) is 10.9. The number of esters is 1. The van der Waals surface area contributed by atoms with Crippen LogP contribution in [0.4, 0.5) is 13.2 Å². The molecule has 4 rings (SSSR count). The lowest BCUT2D eigenvalue weighted by atomic mass is 9.98. The first kappa shape index (κ1) is 29.6. The maximum absolute atomic E-state index is 13.8. The van der Waals surface area contributed by atoms with E-state index in [1.54, 1.807) is 20.8 Å². The minimum absolute atomic E-state index is 0.0326. The van der Waals surface area contributed by atoms with Crippen molar-refractivity contribution in [3.8, 4) is 5.82 Å². The molecule has 1 aliphatic rings. The molecule has 10 nitrogen and oxygen atoms in total. The number of fused-ring (bicyclic) bond motifs is 1. The van der Waals surface area contributed by atoms with Gasteiger partial charge in [0, 0.05) is 35.4 Å². The zero-order valence-electron chi connectivity index (χ0n) is 22.1. The van der Waals surface area contributed by atoms with Crippen molar-refractivity contribution in [1.82, 2.24) is 24.0 Å². The van der Waals surface area contributed by atoms with Gasteiger partial charge in [-0.2, -0.15) is 18.2 Å². The normalized spacial score (nSPS) is 16.1. The van der Waals surface area contributed by atoms with Gasteiger partial charge in [-0.05, 0) is 45.4 Å². The Hall–Kier alpha value is -3.36. The highest BCUT2D eigenvalue weighted by atomic mass is 35.5. The number of imidazole rings is 1. The number of rotatable bonds is 5. The highest BCUT2D eigenvalue weighted by Crippen LogP contribution is 2.36. The smallest absolute Gasteiger partial charge is 0.417 e. The number of carbonyl (C=O) groups is 2. The van der Waals surface area contributed by atoms with Gasteiger partial charge < -0.3 is 18.8 Å². The van der Waals surface area contributed by atoms with E-state index >= 15 is 0 Å². The molecular formula is C25H25ClF3N5O5S. The topological polar surface area (TPSA) is 122 Å². The summed E-state index contributed by atoms with van der Waals surface area (Å²) in [4.78, 5) is 49.5. The van der Waals surface area contributed by atoms with Crippen LogP contribution in [0.3, 0.4) is 0 Å². The molecule has 2 aromatic heterocycles. The van der Waals surface area contributed by atoms with E-state index in [0.29, 0.717) is 11.8 Å². The molecule has 40 heavy (non-hydrogen) atoms. The van der Waals surface area contributed by atoms with Crippen LogP contribution in [0.5, 0.6) is 0 Å². The van der Waals surface area contributed by atoms with Crippen LogP contribution in [-0.2, 0) is 42.1 Å². The summed E-state index contributed by atoms with van der Waals surface area (Å²) in [6, 6.07) is 2.31. The molecule has 3 aromatic rings. The SMILES string of the molecule is CCOC(=O)c1nc(C)c(-n2c([S+](C)[O-])nc3c(c2=O)C[C@@H](C)N(C(=O)c2ccc(Cl)c(C(F)(F)F)c2)C3)n1C. The Labute approximate surface area is 234 Å². The molecule has 0 radical (unpaired) electrons. The fourth-order valence-electron chi connectivity index (χ4n) is 4.65. The molecule has 0 N–H and O–H groups in total. The second kappa shape index (κ2) is 10.9. The van der Waals surface area contributed by atoms with Gasteiger partial charge in [-0.1, -0.05) is 11.6 Å². The monoisotopic (exact) mass is 599 g/mol. The van der Waals surface area contributed by atoms with Gasteiger partial charge in [-0.3, -0.25) is 9.59 Å². The average Bonchev–Trinajstić information content (AvgIpc) is 3.16. The first-order valence-corrected chi connectivity index (χ1v) is 14.0. The zero-order valence-corrected chi connectivity index (χ0v) is 23.7. The van der Waals surface area contributed by atoms with Crippen molar-refractivity contribution in [3.05, 3.63) is 67.5 Å². The maximum atomic E-state index is 13.8. The molecule has 15 heteroatoms. The van der Waals surface area contributed by atoms with Gasteiger partial charge in [0.25, 0.3) is 11.5 Å². The van der Waals surface area contributed by atoms with E-state index in [-0.39, 0.29) is 53.2 Å². The molecule has 0 aliphatic carbocycles. The molecule has 214 valence electrons. The van der Waals surface area contributed by atoms with E-state index in [1.165, 1.54) is 28.8 Å². The summed E-state index contributed by atoms with van der Waals surface area (Å²) < 4.78 is 60.4. The van der Waals surface area contributed by atoms with Crippen LogP contribution < -0.4 is 5.56 Å². The van der Waals surface area contributed by atoms with Crippen molar-refractivity contribution in [1.29, 1.82) is 0 Å². The molecule has 3 heterocycles. The number of hydrogen-bond donors (Lipinski definition) is 0. The lowest BCUT2D eigenvalue weighted by molar-refractivity contribution is -0.137. The lowest BCUT2D eigenvalue weighted by Crippen LogP contribution is -2.46. The van der Waals surface area contributed by atoms with Crippen molar-refractivity contribution in [3.63, 3.8) is 0 Å². The van der Waals surface area contributed by atoms with Crippen LogP contribution in [-0.4, -0.2) is 59.3 Å². The molecule has 1 unspecified atom stereocenters. The number of aromatic nitrogens is 4. The summed E-state index contributed by atoms with van der Waals surface area (Å²) in [5.74, 6) is -1.28. The van der Waals surface area contributed by atoms with Crippen LogP contribution >= 0.6 is 11.6 Å². The first-order chi connectivity index (χ1) is 18.7. The van der Waals surface area contributed by atoms with Gasteiger partial charge in [0.2, 0.25) is 5.82 Å². The quantitative estimate of drug-likeness (QED) is 0.250. The third kappa shape index (κ3) is 5.22. The summed E-state index contributed by atoms with van der Waals surface area (Å²) in [5.41, 5.74) is -1.20. The van der Waals surface area contributed by atoms with Gasteiger partial charge in [0.1, 0.15) is 12.1 Å². The zero-order chi connectivity index (χ0) is 29.7. The van der Waals surface area contributed by atoms with Crippen molar-refractivity contribution in [2.45, 2.75) is 51.1 Å². The highest BCUT2D eigenvalue weighted by molar-refractivity contribution is 7.90. The molecule has 1 aliphatic heterocycles. The number of carbonyl (C=O) groups excluding carboxylic acids is 2. The van der Waals surface area contributed by atoms with Crippen LogP contribution in [0.15, 0.2) is 28.2 Å². The van der Waals surface area contributed by atoms with E-state index in [2.05, 4.69) is 9.97 Å². The van der Waals surface area contributed by atoms with Crippen LogP contribution in [0, 0.1) is 6.92 Å². The summed E-state index contributed by atoms with van der Waals surface area (Å²) in [5, 5.41) is -0.673. The van der Waals surface area contributed by atoms with Gasteiger partial charge in [0.15, 0.2) is 0 Å². The summed E-state index contributed by atoms with van der Waals surface area (Å²) in [6.45, 7) is 4.80. The molecule has 1 amide bonds. The fourth-order valence-corrected chi connectivity index (χ4v) is 5.54. The molecule has 1 aromatic carbocycles. The number of ether oxygens (including phenoxy) is 1. The standard InChI is InChI=1S/C25H25ClF3N5O5S/c1-6-39-23(37)19-30-13(3)20(32(19)4)34-22(36)15-9-12(2)33(11-18(15)31-24(34)40(5)38)21(35)14-7-8-17(26)16(10-14)25(27,28)29/h7-8,10,12H,6,9,11H2,1-5H3/t12-,40?/m1/s1. The largest absolute Gasteiger partial charge is 0.609 e. The Morgan fingerprint density at radius 3 is 2.55 bits per heavy atom. The number of alkyl halides is 3. The van der Waals surface area contributed by atoms with Gasteiger partial charge >= 0.3 is 17.3 Å². The first-order valence-electron chi connectivity index (χ1n) is 12.0. The van der Waals surface area contributed by atoms with Crippen molar-refractivity contribution in [2.75, 3.05) is 12.9 Å². The number of amides is 1. The third-order valence-corrected chi connectivity index (χ3v) is 7.64. The van der Waals surface area contributed by atoms with E-state index in [0.717, 1.165) is 10.6 Å². The summed E-state index contributed by atoms with van der Waals surface area (Å²) >= 11 is 3.90. The summed E-state index contributed by atoms with van der Waals surface area (Å²) in [7, 11) is 1.51. The molecule has 2 atom stereocenters. The minimum Gasteiger partial charge on any atom is -0.609 e. The molecule has 0 spiro atoms. The molecule has 0 saturated carbocycles. The molecule has 0 fully saturated rings. The number of nitrogens with zero attached hydrogens (tertiary/aromatic N) is 5. The molecule has 0 saturated heterocycles. The molecule has 0 bridgehead atoms. The van der Waals surface area contributed by atoms with Crippen molar-refractivity contribution < 1.29 is 32.0 Å². The Morgan fingerprint density at radius 2 is 1.95 bits per heavy atom. The number of hydrogen-bond acceptors (Lipinski definition) is 7. The minimum atomic E-state index is -4.75. The Morgan fingerprint density at radius 1 is 1.27 bits per heavy atom. The Bertz CT molecular complexity index is 1570. The number of halogens is 4. The van der Waals surface area contributed by atoms with Gasteiger partial charge in [-0.15, -0.1) is 0 Å². The van der Waals surface area contributed by atoms with E-state index < -0.39 is 51.4 Å². The summed E-state index contributed by atoms with van der Waals surface area (Å²) in [6.07, 6.45) is -3.40. The molecular weight excluding hydrogens is 575 g/mol. The number of benzene rings is 1. The highest BCUT2D eigenvalue weighted by Gasteiger charge is 2.37.